The number of carbonyl (C=O) groups excluding carboxylic acids is 2. The second-order valence-electron chi connectivity index (χ2n) is 6.72. The number of halogens is 1. The van der Waals surface area contributed by atoms with Gasteiger partial charge in [-0.1, -0.05) is 24.3 Å². The molecular formula is C20H18FN3O2. The molecule has 2 N–H and O–H groups in total. The van der Waals surface area contributed by atoms with E-state index in [4.69, 9.17) is 0 Å². The SMILES string of the molecule is O=C1CCC(c2ccc(NC(=O)C3(c4cccc(F)c4)CC3)cc2)=NN1. The molecule has 4 rings (SSSR count). The highest BCUT2D eigenvalue weighted by Crippen LogP contribution is 2.49. The average molecular weight is 351 g/mol. The summed E-state index contributed by atoms with van der Waals surface area (Å²) in [6.07, 6.45) is 2.46. The van der Waals surface area contributed by atoms with Crippen molar-refractivity contribution in [2.24, 2.45) is 5.10 Å². The fourth-order valence-corrected chi connectivity index (χ4v) is 3.24. The van der Waals surface area contributed by atoms with Crippen LogP contribution in [0.3, 0.4) is 0 Å². The highest BCUT2D eigenvalue weighted by atomic mass is 19.1. The highest BCUT2D eigenvalue weighted by Gasteiger charge is 2.51. The summed E-state index contributed by atoms with van der Waals surface area (Å²) in [7, 11) is 0. The minimum Gasteiger partial charge on any atom is -0.325 e. The fraction of sp³-hybridized carbons (Fsp3) is 0.250. The first-order valence-corrected chi connectivity index (χ1v) is 8.60. The van der Waals surface area contributed by atoms with Crippen molar-refractivity contribution in [2.75, 3.05) is 5.32 Å². The molecule has 2 aromatic carbocycles. The fourth-order valence-electron chi connectivity index (χ4n) is 3.24. The topological polar surface area (TPSA) is 70.6 Å². The van der Waals surface area contributed by atoms with Crippen molar-refractivity contribution < 1.29 is 14.0 Å². The lowest BCUT2D eigenvalue weighted by atomic mass is 9.94. The van der Waals surface area contributed by atoms with Crippen LogP contribution in [-0.4, -0.2) is 17.5 Å². The van der Waals surface area contributed by atoms with Crippen LogP contribution in [0.25, 0.3) is 0 Å². The molecule has 6 heteroatoms. The molecule has 5 nitrogen and oxygen atoms in total. The summed E-state index contributed by atoms with van der Waals surface area (Å²) in [4.78, 5) is 23.9. The summed E-state index contributed by atoms with van der Waals surface area (Å²) in [5.74, 6) is -0.519. The van der Waals surface area contributed by atoms with E-state index in [2.05, 4.69) is 15.8 Å². The summed E-state index contributed by atoms with van der Waals surface area (Å²) >= 11 is 0. The predicted octanol–water partition coefficient (Wildman–Crippen LogP) is 3.11. The van der Waals surface area contributed by atoms with Crippen molar-refractivity contribution in [1.82, 2.24) is 5.43 Å². The zero-order valence-electron chi connectivity index (χ0n) is 14.1. The molecule has 26 heavy (non-hydrogen) atoms. The molecule has 1 aliphatic carbocycles. The normalized spacial score (nSPS) is 17.9. The molecule has 0 atom stereocenters. The first-order valence-electron chi connectivity index (χ1n) is 8.60. The Labute approximate surface area is 150 Å². The van der Waals surface area contributed by atoms with E-state index in [0.29, 0.717) is 18.5 Å². The van der Waals surface area contributed by atoms with Crippen molar-refractivity contribution in [1.29, 1.82) is 0 Å². The number of nitrogens with one attached hydrogen (secondary N) is 2. The highest BCUT2D eigenvalue weighted by molar-refractivity contribution is 6.05. The number of rotatable bonds is 4. The molecule has 0 spiro atoms. The summed E-state index contributed by atoms with van der Waals surface area (Å²) in [6.45, 7) is 0. The summed E-state index contributed by atoms with van der Waals surface area (Å²) in [5.41, 5.74) is 4.99. The predicted molar refractivity (Wildman–Crippen MR) is 96.3 cm³/mol. The van der Waals surface area contributed by atoms with Gasteiger partial charge in [0.15, 0.2) is 0 Å². The Bertz CT molecular complexity index is 902. The van der Waals surface area contributed by atoms with E-state index in [-0.39, 0.29) is 17.6 Å². The maximum Gasteiger partial charge on any atom is 0.240 e. The molecule has 0 bridgehead atoms. The Morgan fingerprint density at radius 3 is 2.50 bits per heavy atom. The van der Waals surface area contributed by atoms with E-state index >= 15 is 0 Å². The molecule has 1 saturated carbocycles. The van der Waals surface area contributed by atoms with Gasteiger partial charge in [-0.15, -0.1) is 0 Å². The number of carbonyl (C=O) groups is 2. The Kier molecular flexibility index (Phi) is 4.03. The van der Waals surface area contributed by atoms with Crippen molar-refractivity contribution in [3.8, 4) is 0 Å². The van der Waals surface area contributed by atoms with Crippen LogP contribution in [0.5, 0.6) is 0 Å². The molecule has 2 amide bonds. The van der Waals surface area contributed by atoms with Crippen LogP contribution < -0.4 is 10.7 Å². The minimum atomic E-state index is -0.626. The second-order valence-corrected chi connectivity index (χ2v) is 6.72. The standard InChI is InChI=1S/C20H18FN3O2/c21-15-3-1-2-14(12-15)20(10-11-20)19(26)22-16-6-4-13(5-7-16)17-8-9-18(25)24-23-17/h1-7,12H,8-11H2,(H,22,26)(H,24,25). The first kappa shape index (κ1) is 16.4. The zero-order chi connectivity index (χ0) is 18.1. The molecule has 2 aliphatic rings. The van der Waals surface area contributed by atoms with Crippen molar-refractivity contribution >= 4 is 23.2 Å². The zero-order valence-corrected chi connectivity index (χ0v) is 14.1. The Morgan fingerprint density at radius 1 is 1.12 bits per heavy atom. The van der Waals surface area contributed by atoms with Gasteiger partial charge in [-0.25, -0.2) is 9.82 Å². The van der Waals surface area contributed by atoms with Gasteiger partial charge in [0.05, 0.1) is 11.1 Å². The summed E-state index contributed by atoms with van der Waals surface area (Å²) in [5, 5.41) is 6.99. The molecule has 1 fully saturated rings. The number of anilines is 1. The number of benzene rings is 2. The molecule has 2 aromatic rings. The minimum absolute atomic E-state index is 0.0790. The van der Waals surface area contributed by atoms with Crippen molar-refractivity contribution in [3.05, 3.63) is 65.5 Å². The van der Waals surface area contributed by atoms with Gasteiger partial charge >= 0.3 is 0 Å². The quantitative estimate of drug-likeness (QED) is 0.888. The van der Waals surface area contributed by atoms with Gasteiger partial charge in [-0.3, -0.25) is 9.59 Å². The van der Waals surface area contributed by atoms with Gasteiger partial charge in [0, 0.05) is 18.5 Å². The monoisotopic (exact) mass is 351 g/mol. The Balaban J connectivity index is 1.48. The molecule has 0 aromatic heterocycles. The second kappa shape index (κ2) is 6.37. The number of nitrogens with zero attached hydrogens (tertiary/aromatic N) is 1. The van der Waals surface area contributed by atoms with E-state index in [9.17, 15) is 14.0 Å². The van der Waals surface area contributed by atoms with E-state index < -0.39 is 5.41 Å². The molecule has 1 heterocycles. The van der Waals surface area contributed by atoms with Gasteiger partial charge in [-0.2, -0.15) is 5.10 Å². The first-order chi connectivity index (χ1) is 12.6. The average Bonchev–Trinajstić information content (AvgIpc) is 3.45. The van der Waals surface area contributed by atoms with Crippen LogP contribution in [0.2, 0.25) is 0 Å². The molecule has 1 aliphatic heterocycles. The van der Waals surface area contributed by atoms with Crippen LogP contribution in [0.4, 0.5) is 10.1 Å². The van der Waals surface area contributed by atoms with Crippen LogP contribution in [0.1, 0.15) is 36.8 Å². The summed E-state index contributed by atoms with van der Waals surface area (Å²) < 4.78 is 13.5. The lowest BCUT2D eigenvalue weighted by molar-refractivity contribution is -0.121. The number of hydrogen-bond acceptors (Lipinski definition) is 3. The van der Waals surface area contributed by atoms with E-state index in [0.717, 1.165) is 29.7 Å². The molecule has 0 unspecified atom stereocenters. The van der Waals surface area contributed by atoms with Crippen LogP contribution in [-0.2, 0) is 15.0 Å². The van der Waals surface area contributed by atoms with Crippen LogP contribution in [0, 0.1) is 5.82 Å². The smallest absolute Gasteiger partial charge is 0.240 e. The molecule has 0 radical (unpaired) electrons. The lowest BCUT2D eigenvalue weighted by Gasteiger charge is -2.16. The molecular weight excluding hydrogens is 333 g/mol. The van der Waals surface area contributed by atoms with E-state index in [1.807, 2.05) is 24.3 Å². The maximum atomic E-state index is 13.5. The van der Waals surface area contributed by atoms with Crippen LogP contribution in [0.15, 0.2) is 53.6 Å². The van der Waals surface area contributed by atoms with Crippen molar-refractivity contribution in [2.45, 2.75) is 31.1 Å². The largest absolute Gasteiger partial charge is 0.325 e. The van der Waals surface area contributed by atoms with Gasteiger partial charge in [0.25, 0.3) is 0 Å². The third-order valence-electron chi connectivity index (χ3n) is 4.94. The third-order valence-corrected chi connectivity index (χ3v) is 4.94. The van der Waals surface area contributed by atoms with Gasteiger partial charge < -0.3 is 5.32 Å². The number of hydrazone groups is 1. The molecule has 132 valence electrons. The van der Waals surface area contributed by atoms with E-state index in [1.165, 1.54) is 12.1 Å². The lowest BCUT2D eigenvalue weighted by Crippen LogP contribution is -2.28. The third kappa shape index (κ3) is 3.10. The van der Waals surface area contributed by atoms with Crippen molar-refractivity contribution in [3.63, 3.8) is 0 Å². The Hall–Kier alpha value is -3.02. The van der Waals surface area contributed by atoms with Gasteiger partial charge in [0.1, 0.15) is 5.82 Å². The molecule has 0 saturated heterocycles. The van der Waals surface area contributed by atoms with Gasteiger partial charge in [-0.05, 0) is 48.2 Å². The number of amides is 2. The number of hydrogen-bond donors (Lipinski definition) is 2. The van der Waals surface area contributed by atoms with Crippen LogP contribution >= 0.6 is 0 Å². The summed E-state index contributed by atoms with van der Waals surface area (Å²) in [6, 6.07) is 13.6. The Morgan fingerprint density at radius 2 is 1.88 bits per heavy atom. The van der Waals surface area contributed by atoms with E-state index in [1.54, 1.807) is 12.1 Å². The maximum absolute atomic E-state index is 13.5. The van der Waals surface area contributed by atoms with Gasteiger partial charge in [0.2, 0.25) is 11.8 Å².